The van der Waals surface area contributed by atoms with E-state index in [4.69, 9.17) is 23.2 Å². The molecule has 100 valence electrons. The zero-order valence-electron chi connectivity index (χ0n) is 10.2. The first-order chi connectivity index (χ1) is 9.63. The molecule has 0 saturated heterocycles. The molecule has 0 bridgehead atoms. The molecule has 0 aliphatic carbocycles. The highest BCUT2D eigenvalue weighted by Crippen LogP contribution is 2.22. The van der Waals surface area contributed by atoms with Gasteiger partial charge in [-0.3, -0.25) is 4.79 Å². The number of rotatable bonds is 2. The molecule has 0 atom stereocenters. The maximum Gasteiger partial charge on any atom is 0.257 e. The first-order valence-electron chi connectivity index (χ1n) is 5.83. The third-order valence-electron chi connectivity index (χ3n) is 2.83. The van der Waals surface area contributed by atoms with Crippen molar-refractivity contribution in [3.05, 3.63) is 64.4 Å². The van der Waals surface area contributed by atoms with Gasteiger partial charge in [0.05, 0.1) is 16.1 Å². The molecule has 1 amide bonds. The van der Waals surface area contributed by atoms with Gasteiger partial charge < -0.3 is 5.32 Å². The van der Waals surface area contributed by atoms with Gasteiger partial charge in [-0.05, 0) is 36.4 Å². The van der Waals surface area contributed by atoms with Gasteiger partial charge in [0.2, 0.25) is 0 Å². The Morgan fingerprint density at radius 2 is 2.00 bits per heavy atom. The largest absolute Gasteiger partial charge is 0.322 e. The van der Waals surface area contributed by atoms with E-state index in [-0.39, 0.29) is 5.91 Å². The van der Waals surface area contributed by atoms with E-state index in [2.05, 4.69) is 10.4 Å². The van der Waals surface area contributed by atoms with Crippen LogP contribution in [0.3, 0.4) is 0 Å². The van der Waals surface area contributed by atoms with Gasteiger partial charge in [-0.1, -0.05) is 23.2 Å². The van der Waals surface area contributed by atoms with Crippen LogP contribution >= 0.6 is 23.2 Å². The summed E-state index contributed by atoms with van der Waals surface area (Å²) >= 11 is 11.8. The van der Waals surface area contributed by atoms with Crippen LogP contribution in [0.2, 0.25) is 10.0 Å². The predicted molar refractivity (Wildman–Crippen MR) is 79.6 cm³/mol. The van der Waals surface area contributed by atoms with Gasteiger partial charge >= 0.3 is 0 Å². The Balaban J connectivity index is 1.87. The Kier molecular flexibility index (Phi) is 3.34. The van der Waals surface area contributed by atoms with Crippen molar-refractivity contribution >= 4 is 40.3 Å². The normalized spacial score (nSPS) is 10.7. The van der Waals surface area contributed by atoms with Crippen LogP contribution in [0.4, 0.5) is 5.69 Å². The first-order valence-corrected chi connectivity index (χ1v) is 6.59. The highest BCUT2D eigenvalue weighted by molar-refractivity contribution is 6.37. The Morgan fingerprint density at radius 1 is 1.15 bits per heavy atom. The van der Waals surface area contributed by atoms with E-state index in [1.807, 2.05) is 12.1 Å². The fourth-order valence-electron chi connectivity index (χ4n) is 1.87. The average Bonchev–Trinajstić information content (AvgIpc) is 2.85. The zero-order chi connectivity index (χ0) is 14.1. The van der Waals surface area contributed by atoms with Gasteiger partial charge in [0.1, 0.15) is 0 Å². The van der Waals surface area contributed by atoms with Crippen LogP contribution in [0.15, 0.2) is 48.8 Å². The molecule has 0 aliphatic heterocycles. The van der Waals surface area contributed by atoms with Crippen LogP contribution < -0.4 is 5.32 Å². The molecule has 1 aromatic carbocycles. The van der Waals surface area contributed by atoms with Gasteiger partial charge in [-0.15, -0.1) is 0 Å². The molecule has 0 aliphatic rings. The number of hydrogen-bond acceptors (Lipinski definition) is 2. The first kappa shape index (κ1) is 13.0. The lowest BCUT2D eigenvalue weighted by atomic mass is 10.2. The summed E-state index contributed by atoms with van der Waals surface area (Å²) in [4.78, 5) is 12.2. The monoisotopic (exact) mass is 305 g/mol. The summed E-state index contributed by atoms with van der Waals surface area (Å²) in [6.07, 6.45) is 3.46. The minimum Gasteiger partial charge on any atom is -0.322 e. The summed E-state index contributed by atoms with van der Waals surface area (Å²) in [6.45, 7) is 0. The fourth-order valence-corrected chi connectivity index (χ4v) is 2.37. The lowest BCUT2D eigenvalue weighted by molar-refractivity contribution is 0.102. The topological polar surface area (TPSA) is 46.4 Å². The van der Waals surface area contributed by atoms with Crippen LogP contribution in [0.5, 0.6) is 0 Å². The van der Waals surface area contributed by atoms with Gasteiger partial charge in [-0.2, -0.15) is 5.10 Å². The van der Waals surface area contributed by atoms with Crippen molar-refractivity contribution in [3.8, 4) is 0 Å². The third kappa shape index (κ3) is 2.48. The maximum atomic E-state index is 12.2. The molecule has 4 nitrogen and oxygen atoms in total. The summed E-state index contributed by atoms with van der Waals surface area (Å²) < 4.78 is 1.71. The summed E-state index contributed by atoms with van der Waals surface area (Å²) in [5, 5.41) is 7.69. The number of amides is 1. The number of aromatic nitrogens is 2. The standard InChI is InChI=1S/C14H9Cl2N3O/c15-9-1-2-12(13(16)7-9)14(20)18-10-4-6-19-11(8-10)3-5-17-19/h1-8H,(H,18,20). The molecule has 2 aromatic heterocycles. The van der Waals surface area contributed by atoms with E-state index >= 15 is 0 Å². The number of anilines is 1. The molecule has 0 fully saturated rings. The second-order valence-corrected chi connectivity index (χ2v) is 5.04. The Bertz CT molecular complexity index is 798. The highest BCUT2D eigenvalue weighted by atomic mass is 35.5. The molecular formula is C14H9Cl2N3O. The van der Waals surface area contributed by atoms with Gasteiger partial charge in [-0.25, -0.2) is 4.52 Å². The van der Waals surface area contributed by atoms with E-state index in [0.717, 1.165) is 5.52 Å². The molecule has 6 heteroatoms. The van der Waals surface area contributed by atoms with E-state index in [9.17, 15) is 4.79 Å². The van der Waals surface area contributed by atoms with Crippen molar-refractivity contribution in [3.63, 3.8) is 0 Å². The third-order valence-corrected chi connectivity index (χ3v) is 3.38. The van der Waals surface area contributed by atoms with Crippen molar-refractivity contribution in [2.24, 2.45) is 0 Å². The van der Waals surface area contributed by atoms with E-state index in [1.54, 1.807) is 35.1 Å². The number of nitrogens with zero attached hydrogens (tertiary/aromatic N) is 2. The predicted octanol–water partition coefficient (Wildman–Crippen LogP) is 3.89. The smallest absolute Gasteiger partial charge is 0.257 e. The second-order valence-electron chi connectivity index (χ2n) is 4.19. The minimum atomic E-state index is -0.282. The Morgan fingerprint density at radius 3 is 2.80 bits per heavy atom. The number of nitrogens with one attached hydrogen (secondary N) is 1. The summed E-state index contributed by atoms with van der Waals surface area (Å²) in [6, 6.07) is 10.2. The summed E-state index contributed by atoms with van der Waals surface area (Å²) in [7, 11) is 0. The highest BCUT2D eigenvalue weighted by Gasteiger charge is 2.11. The quantitative estimate of drug-likeness (QED) is 0.780. The van der Waals surface area contributed by atoms with Gasteiger partial charge in [0.25, 0.3) is 5.91 Å². The van der Waals surface area contributed by atoms with Crippen LogP contribution in [-0.4, -0.2) is 15.5 Å². The molecule has 0 unspecified atom stereocenters. The molecule has 0 saturated carbocycles. The second kappa shape index (κ2) is 5.15. The molecular weight excluding hydrogens is 297 g/mol. The summed E-state index contributed by atoms with van der Waals surface area (Å²) in [5.41, 5.74) is 1.95. The average molecular weight is 306 g/mol. The van der Waals surface area contributed by atoms with Crippen molar-refractivity contribution in [2.75, 3.05) is 5.32 Å². The molecule has 0 spiro atoms. The number of carbonyl (C=O) groups excluding carboxylic acids is 1. The minimum absolute atomic E-state index is 0.282. The molecule has 3 rings (SSSR count). The maximum absolute atomic E-state index is 12.2. The molecule has 20 heavy (non-hydrogen) atoms. The zero-order valence-corrected chi connectivity index (χ0v) is 11.7. The summed E-state index contributed by atoms with van der Waals surface area (Å²) in [5.74, 6) is -0.282. The van der Waals surface area contributed by atoms with Crippen molar-refractivity contribution in [1.29, 1.82) is 0 Å². The molecule has 0 radical (unpaired) electrons. The Hall–Kier alpha value is -2.04. The molecule has 2 heterocycles. The molecule has 1 N–H and O–H groups in total. The van der Waals surface area contributed by atoms with Crippen LogP contribution in [-0.2, 0) is 0 Å². The number of fused-ring (bicyclic) bond motifs is 1. The number of benzene rings is 1. The number of carbonyl (C=O) groups is 1. The van der Waals surface area contributed by atoms with Gasteiger partial charge in [0, 0.05) is 23.1 Å². The van der Waals surface area contributed by atoms with Crippen molar-refractivity contribution in [2.45, 2.75) is 0 Å². The number of halogens is 2. The lowest BCUT2D eigenvalue weighted by Gasteiger charge is -2.07. The van der Waals surface area contributed by atoms with Crippen molar-refractivity contribution < 1.29 is 4.79 Å². The van der Waals surface area contributed by atoms with Crippen LogP contribution in [0, 0.1) is 0 Å². The van der Waals surface area contributed by atoms with E-state index in [1.165, 1.54) is 6.07 Å². The van der Waals surface area contributed by atoms with Crippen LogP contribution in [0.1, 0.15) is 10.4 Å². The SMILES string of the molecule is O=C(Nc1ccn2nccc2c1)c1ccc(Cl)cc1Cl. The van der Waals surface area contributed by atoms with Crippen LogP contribution in [0.25, 0.3) is 5.52 Å². The number of pyridine rings is 1. The van der Waals surface area contributed by atoms with Gasteiger partial charge in [0.15, 0.2) is 0 Å². The Labute approximate surface area is 124 Å². The van der Waals surface area contributed by atoms with Crippen molar-refractivity contribution in [1.82, 2.24) is 9.61 Å². The lowest BCUT2D eigenvalue weighted by Crippen LogP contribution is -2.12. The van der Waals surface area contributed by atoms with E-state index < -0.39 is 0 Å². The van der Waals surface area contributed by atoms with E-state index in [0.29, 0.717) is 21.3 Å². The molecule has 3 aromatic rings. The fraction of sp³-hybridized carbons (Fsp3) is 0. The number of hydrogen-bond donors (Lipinski definition) is 1.